The first-order chi connectivity index (χ1) is 8.25. The molecule has 0 saturated heterocycles. The number of ketones is 1. The number of hydrogen-bond acceptors (Lipinski definition) is 2. The van der Waals surface area contributed by atoms with Gasteiger partial charge in [-0.15, -0.1) is 0 Å². The second-order valence-corrected chi connectivity index (χ2v) is 4.63. The third kappa shape index (κ3) is 1.91. The molecule has 2 aromatic rings. The van der Waals surface area contributed by atoms with Gasteiger partial charge < -0.3 is 4.42 Å². The lowest BCUT2D eigenvalue weighted by Gasteiger charge is -1.98. The van der Waals surface area contributed by atoms with Crippen LogP contribution in [0.15, 0.2) is 46.9 Å². The lowest BCUT2D eigenvalue weighted by atomic mass is 10.1. The van der Waals surface area contributed by atoms with Crippen LogP contribution in [-0.2, 0) is 0 Å². The molecule has 2 unspecified atom stereocenters. The molecule has 0 amide bonds. The molecule has 1 aromatic heterocycles. The predicted molar refractivity (Wildman–Crippen MR) is 65.1 cm³/mol. The van der Waals surface area contributed by atoms with Gasteiger partial charge in [0.05, 0.1) is 0 Å². The van der Waals surface area contributed by atoms with Gasteiger partial charge in [0.15, 0.2) is 5.76 Å². The number of carbonyl (C=O) groups is 1. The summed E-state index contributed by atoms with van der Waals surface area (Å²) in [7, 11) is 0. The van der Waals surface area contributed by atoms with Crippen LogP contribution in [0.1, 0.15) is 34.2 Å². The summed E-state index contributed by atoms with van der Waals surface area (Å²) in [6.07, 6.45) is 0.947. The van der Waals surface area contributed by atoms with Gasteiger partial charge in [-0.2, -0.15) is 0 Å². The standard InChI is InChI=1S/C15H14O2/c1-10-7-8-14(17-10)15(16)13-9-12(13)11-5-3-2-4-6-11/h2-8,12-13H,9H2,1H3. The second kappa shape index (κ2) is 3.88. The maximum Gasteiger partial charge on any atom is 0.201 e. The summed E-state index contributed by atoms with van der Waals surface area (Å²) in [6, 6.07) is 13.8. The Labute approximate surface area is 100 Å². The summed E-state index contributed by atoms with van der Waals surface area (Å²) >= 11 is 0. The molecule has 86 valence electrons. The van der Waals surface area contributed by atoms with Crippen LogP contribution in [0, 0.1) is 12.8 Å². The molecule has 3 rings (SSSR count). The Kier molecular flexibility index (Phi) is 2.36. The molecule has 1 heterocycles. The van der Waals surface area contributed by atoms with Crippen molar-refractivity contribution in [3.05, 3.63) is 59.5 Å². The minimum Gasteiger partial charge on any atom is -0.458 e. The van der Waals surface area contributed by atoms with Crippen LogP contribution >= 0.6 is 0 Å². The number of benzene rings is 1. The number of rotatable bonds is 3. The van der Waals surface area contributed by atoms with E-state index >= 15 is 0 Å². The molecule has 2 nitrogen and oxygen atoms in total. The van der Waals surface area contributed by atoms with Gasteiger partial charge in [0, 0.05) is 5.92 Å². The van der Waals surface area contributed by atoms with Crippen molar-refractivity contribution < 1.29 is 9.21 Å². The molecule has 1 aromatic carbocycles. The molecule has 1 aliphatic rings. The summed E-state index contributed by atoms with van der Waals surface area (Å²) in [5.74, 6) is 1.94. The molecule has 0 aliphatic heterocycles. The third-order valence-electron chi connectivity index (χ3n) is 3.34. The Bertz CT molecular complexity index is 539. The molecular formula is C15H14O2. The number of Topliss-reactive ketones (excluding diaryl/α,β-unsaturated/α-hetero) is 1. The van der Waals surface area contributed by atoms with Crippen LogP contribution in [-0.4, -0.2) is 5.78 Å². The van der Waals surface area contributed by atoms with Crippen LogP contribution in [0.25, 0.3) is 0 Å². The highest BCUT2D eigenvalue weighted by atomic mass is 16.3. The van der Waals surface area contributed by atoms with Crippen molar-refractivity contribution in [2.24, 2.45) is 5.92 Å². The topological polar surface area (TPSA) is 30.2 Å². The van der Waals surface area contributed by atoms with E-state index in [0.717, 1.165) is 12.2 Å². The maximum absolute atomic E-state index is 12.1. The third-order valence-corrected chi connectivity index (χ3v) is 3.34. The minimum atomic E-state index is 0.114. The summed E-state index contributed by atoms with van der Waals surface area (Å²) in [5.41, 5.74) is 1.26. The van der Waals surface area contributed by atoms with Crippen LogP contribution in [0.3, 0.4) is 0 Å². The average Bonchev–Trinajstić information content (AvgIpc) is 3.05. The van der Waals surface area contributed by atoms with E-state index in [9.17, 15) is 4.79 Å². The van der Waals surface area contributed by atoms with Crippen LogP contribution in [0.2, 0.25) is 0 Å². The van der Waals surface area contributed by atoms with E-state index in [4.69, 9.17) is 4.42 Å². The van der Waals surface area contributed by atoms with Crippen molar-refractivity contribution in [3.8, 4) is 0 Å². The molecule has 1 fully saturated rings. The predicted octanol–water partition coefficient (Wildman–Crippen LogP) is 3.57. The molecule has 2 atom stereocenters. The molecule has 0 radical (unpaired) electrons. The highest BCUT2D eigenvalue weighted by Gasteiger charge is 2.44. The van der Waals surface area contributed by atoms with Crippen LogP contribution in [0.4, 0.5) is 0 Å². The highest BCUT2D eigenvalue weighted by Crippen LogP contribution is 2.49. The zero-order valence-corrected chi connectivity index (χ0v) is 9.72. The van der Waals surface area contributed by atoms with E-state index in [-0.39, 0.29) is 11.7 Å². The van der Waals surface area contributed by atoms with Crippen LogP contribution in [0.5, 0.6) is 0 Å². The normalized spacial score (nSPS) is 22.4. The molecule has 17 heavy (non-hydrogen) atoms. The molecule has 2 heteroatoms. The largest absolute Gasteiger partial charge is 0.458 e. The Morgan fingerprint density at radius 2 is 1.94 bits per heavy atom. The van der Waals surface area contributed by atoms with Gasteiger partial charge in [0.2, 0.25) is 5.78 Å². The van der Waals surface area contributed by atoms with Crippen molar-refractivity contribution in [1.29, 1.82) is 0 Å². The van der Waals surface area contributed by atoms with Crippen molar-refractivity contribution in [3.63, 3.8) is 0 Å². The summed E-state index contributed by atoms with van der Waals surface area (Å²) in [5, 5.41) is 0. The van der Waals surface area contributed by atoms with Crippen LogP contribution < -0.4 is 0 Å². The first kappa shape index (κ1) is 10.3. The van der Waals surface area contributed by atoms with Gasteiger partial charge in [-0.05, 0) is 37.0 Å². The number of aryl methyl sites for hydroxylation is 1. The van der Waals surface area contributed by atoms with E-state index in [1.54, 1.807) is 6.07 Å². The Morgan fingerprint density at radius 1 is 1.18 bits per heavy atom. The average molecular weight is 226 g/mol. The fourth-order valence-corrected chi connectivity index (χ4v) is 2.30. The Morgan fingerprint density at radius 3 is 2.59 bits per heavy atom. The zero-order valence-electron chi connectivity index (χ0n) is 9.72. The van der Waals surface area contributed by atoms with E-state index in [1.807, 2.05) is 31.2 Å². The molecule has 0 N–H and O–H groups in total. The maximum atomic E-state index is 12.1. The van der Waals surface area contributed by atoms with Crippen molar-refractivity contribution in [2.75, 3.05) is 0 Å². The van der Waals surface area contributed by atoms with Gasteiger partial charge >= 0.3 is 0 Å². The Balaban J connectivity index is 1.75. The minimum absolute atomic E-state index is 0.114. The monoisotopic (exact) mass is 226 g/mol. The number of furan rings is 1. The van der Waals surface area contributed by atoms with E-state index in [0.29, 0.717) is 11.7 Å². The van der Waals surface area contributed by atoms with E-state index in [1.165, 1.54) is 5.56 Å². The fourth-order valence-electron chi connectivity index (χ4n) is 2.30. The van der Waals surface area contributed by atoms with Gasteiger partial charge in [0.1, 0.15) is 5.76 Å². The lowest BCUT2D eigenvalue weighted by molar-refractivity contribution is 0.0936. The van der Waals surface area contributed by atoms with Gasteiger partial charge in [0.25, 0.3) is 0 Å². The molecule has 1 aliphatic carbocycles. The smallest absolute Gasteiger partial charge is 0.201 e. The van der Waals surface area contributed by atoms with Crippen molar-refractivity contribution >= 4 is 5.78 Å². The van der Waals surface area contributed by atoms with E-state index in [2.05, 4.69) is 12.1 Å². The SMILES string of the molecule is Cc1ccc(C(=O)C2CC2c2ccccc2)o1. The zero-order chi connectivity index (χ0) is 11.8. The highest BCUT2D eigenvalue weighted by molar-refractivity contribution is 5.98. The molecular weight excluding hydrogens is 212 g/mol. The van der Waals surface area contributed by atoms with Gasteiger partial charge in [-0.1, -0.05) is 30.3 Å². The quantitative estimate of drug-likeness (QED) is 0.749. The number of hydrogen-bond donors (Lipinski definition) is 0. The molecule has 1 saturated carbocycles. The van der Waals surface area contributed by atoms with E-state index < -0.39 is 0 Å². The summed E-state index contributed by atoms with van der Waals surface area (Å²) in [6.45, 7) is 1.86. The van der Waals surface area contributed by atoms with Gasteiger partial charge in [-0.25, -0.2) is 0 Å². The van der Waals surface area contributed by atoms with Gasteiger partial charge in [-0.3, -0.25) is 4.79 Å². The van der Waals surface area contributed by atoms with Crippen molar-refractivity contribution in [1.82, 2.24) is 0 Å². The fraction of sp³-hybridized carbons (Fsp3) is 0.267. The van der Waals surface area contributed by atoms with Crippen molar-refractivity contribution in [2.45, 2.75) is 19.3 Å². The Hall–Kier alpha value is -1.83. The molecule has 0 spiro atoms. The first-order valence-corrected chi connectivity index (χ1v) is 5.91. The summed E-state index contributed by atoms with van der Waals surface area (Å²) < 4.78 is 5.38. The lowest BCUT2D eigenvalue weighted by Crippen LogP contribution is -2.01. The first-order valence-electron chi connectivity index (χ1n) is 5.91. The molecule has 0 bridgehead atoms. The number of carbonyl (C=O) groups excluding carboxylic acids is 1. The summed E-state index contributed by atoms with van der Waals surface area (Å²) in [4.78, 5) is 12.1. The second-order valence-electron chi connectivity index (χ2n) is 4.63.